The molecule has 2 aliphatic rings. The molecule has 0 radical (unpaired) electrons. The van der Waals surface area contributed by atoms with Crippen LogP contribution in [0.1, 0.15) is 12.0 Å². The van der Waals surface area contributed by atoms with Crippen LogP contribution < -0.4 is 10.7 Å². The quantitative estimate of drug-likeness (QED) is 0.738. The Hall–Kier alpha value is -2.55. The van der Waals surface area contributed by atoms with Crippen LogP contribution >= 0.6 is 0 Å². The zero-order valence-corrected chi connectivity index (χ0v) is 8.73. The third kappa shape index (κ3) is 1.19. The molecule has 6 nitrogen and oxygen atoms in total. The molecule has 1 aromatic carbocycles. The van der Waals surface area contributed by atoms with Crippen LogP contribution in [0.25, 0.3) is 0 Å². The second kappa shape index (κ2) is 3.22. The maximum atomic E-state index is 12.0. The van der Waals surface area contributed by atoms with Gasteiger partial charge in [-0.1, -0.05) is 18.2 Å². The monoisotopic (exact) mass is 228 g/mol. The van der Waals surface area contributed by atoms with Crippen LogP contribution in [0, 0.1) is 11.3 Å². The first-order chi connectivity index (χ1) is 8.26. The van der Waals surface area contributed by atoms with Crippen molar-refractivity contribution in [3.63, 3.8) is 0 Å². The number of nitriles is 1. The summed E-state index contributed by atoms with van der Waals surface area (Å²) in [5.41, 5.74) is 2.75. The second-order valence-corrected chi connectivity index (χ2v) is 3.74. The molecule has 6 heteroatoms. The van der Waals surface area contributed by atoms with Crippen molar-refractivity contribution in [1.29, 1.82) is 5.26 Å². The van der Waals surface area contributed by atoms with Gasteiger partial charge in [-0.2, -0.15) is 5.26 Å². The normalized spacial score (nSPS) is 24.4. The number of benzene rings is 1. The number of fused-ring (bicyclic) bond motifs is 2. The zero-order chi connectivity index (χ0) is 11.9. The fourth-order valence-corrected chi connectivity index (χ4v) is 1.95. The molecule has 0 fully saturated rings. The number of anilines is 1. The number of hydrogen-bond donors (Lipinski definition) is 2. The Kier molecular flexibility index (Phi) is 1.83. The summed E-state index contributed by atoms with van der Waals surface area (Å²) in [4.78, 5) is 12.0. The smallest absolute Gasteiger partial charge is 0.304 e. The second-order valence-electron chi connectivity index (χ2n) is 3.74. The van der Waals surface area contributed by atoms with Crippen LogP contribution in [0.5, 0.6) is 0 Å². The summed E-state index contributed by atoms with van der Waals surface area (Å²) in [6.45, 7) is 0. The van der Waals surface area contributed by atoms with E-state index in [1.807, 2.05) is 18.2 Å². The molecule has 1 spiro atoms. The number of nitrogens with one attached hydrogen (secondary N) is 2. The lowest BCUT2D eigenvalue weighted by Gasteiger charge is -2.20. The van der Waals surface area contributed by atoms with E-state index in [-0.39, 0.29) is 18.2 Å². The molecule has 3 rings (SSSR count). The predicted molar refractivity (Wildman–Crippen MR) is 58.6 cm³/mol. The highest BCUT2D eigenvalue weighted by Gasteiger charge is 2.53. The Morgan fingerprint density at radius 2 is 2.29 bits per heavy atom. The van der Waals surface area contributed by atoms with Crippen molar-refractivity contribution in [2.24, 2.45) is 5.10 Å². The number of carbonyl (C=O) groups excluding carboxylic acids is 1. The largest absolute Gasteiger partial charge is 0.437 e. The zero-order valence-electron chi connectivity index (χ0n) is 8.73. The number of rotatable bonds is 1. The standard InChI is InChI=1S/C11H8N4O2/c12-6-5-9-14-15-11(17-9)7-3-1-2-4-8(7)13-10(11)16/h1-4,15H,5H2,(H,13,16). The third-order valence-corrected chi connectivity index (χ3v) is 2.71. The van der Waals surface area contributed by atoms with E-state index in [0.29, 0.717) is 11.3 Å². The molecule has 2 heterocycles. The molecule has 84 valence electrons. The number of amides is 1. The maximum absolute atomic E-state index is 12.0. The fourth-order valence-electron chi connectivity index (χ4n) is 1.95. The summed E-state index contributed by atoms with van der Waals surface area (Å²) in [5, 5.41) is 15.2. The average Bonchev–Trinajstić information content (AvgIpc) is 2.86. The lowest BCUT2D eigenvalue weighted by atomic mass is 10.1. The van der Waals surface area contributed by atoms with Gasteiger partial charge in [0, 0.05) is 0 Å². The van der Waals surface area contributed by atoms with Gasteiger partial charge in [0.25, 0.3) is 5.91 Å². The Morgan fingerprint density at radius 3 is 3.12 bits per heavy atom. The first-order valence-electron chi connectivity index (χ1n) is 5.07. The van der Waals surface area contributed by atoms with Crippen LogP contribution in [-0.4, -0.2) is 11.8 Å². The van der Waals surface area contributed by atoms with Gasteiger partial charge in [0.1, 0.15) is 6.42 Å². The summed E-state index contributed by atoms with van der Waals surface area (Å²) < 4.78 is 5.49. The number of ether oxygens (including phenoxy) is 1. The lowest BCUT2D eigenvalue weighted by molar-refractivity contribution is -0.133. The molecule has 1 aromatic rings. The molecule has 0 saturated carbocycles. The lowest BCUT2D eigenvalue weighted by Crippen LogP contribution is -2.44. The molecule has 1 amide bonds. The summed E-state index contributed by atoms with van der Waals surface area (Å²) >= 11 is 0. The maximum Gasteiger partial charge on any atom is 0.304 e. The van der Waals surface area contributed by atoms with E-state index >= 15 is 0 Å². The Morgan fingerprint density at radius 1 is 1.47 bits per heavy atom. The van der Waals surface area contributed by atoms with Gasteiger partial charge in [0.2, 0.25) is 5.90 Å². The molecule has 0 bridgehead atoms. The number of carbonyl (C=O) groups is 1. The first-order valence-corrected chi connectivity index (χ1v) is 5.07. The van der Waals surface area contributed by atoms with Crippen LogP contribution in [-0.2, 0) is 15.3 Å². The van der Waals surface area contributed by atoms with E-state index in [4.69, 9.17) is 10.00 Å². The summed E-state index contributed by atoms with van der Waals surface area (Å²) in [6.07, 6.45) is 0.0319. The minimum atomic E-state index is -1.30. The topological polar surface area (TPSA) is 86.5 Å². The Labute approximate surface area is 96.9 Å². The van der Waals surface area contributed by atoms with E-state index in [9.17, 15) is 4.79 Å². The molecule has 0 aromatic heterocycles. The van der Waals surface area contributed by atoms with Crippen LogP contribution in [0.15, 0.2) is 29.4 Å². The summed E-state index contributed by atoms with van der Waals surface area (Å²) in [6, 6.07) is 9.13. The first kappa shape index (κ1) is 9.66. The minimum Gasteiger partial charge on any atom is -0.437 e. The molecular weight excluding hydrogens is 220 g/mol. The van der Waals surface area contributed by atoms with Gasteiger partial charge in [-0.15, -0.1) is 5.10 Å². The molecule has 0 aliphatic carbocycles. The van der Waals surface area contributed by atoms with Gasteiger partial charge in [0.15, 0.2) is 0 Å². The predicted octanol–water partition coefficient (Wildman–Crippen LogP) is 0.638. The highest BCUT2D eigenvalue weighted by atomic mass is 16.6. The molecule has 17 heavy (non-hydrogen) atoms. The molecule has 1 unspecified atom stereocenters. The van der Waals surface area contributed by atoms with Crippen LogP contribution in [0.3, 0.4) is 0 Å². The summed E-state index contributed by atoms with van der Waals surface area (Å²) in [5.74, 6) is -0.102. The number of hydrazone groups is 1. The molecule has 2 aliphatic heterocycles. The SMILES string of the molecule is N#CCC1=NNC2(O1)C(=O)Nc1ccccc12. The van der Waals surface area contributed by atoms with Gasteiger partial charge in [-0.25, -0.2) is 0 Å². The van der Waals surface area contributed by atoms with Gasteiger partial charge >= 0.3 is 5.72 Å². The average molecular weight is 228 g/mol. The van der Waals surface area contributed by atoms with Crippen molar-refractivity contribution in [2.75, 3.05) is 5.32 Å². The summed E-state index contributed by atoms with van der Waals surface area (Å²) in [7, 11) is 0. The van der Waals surface area contributed by atoms with Gasteiger partial charge in [-0.3, -0.25) is 10.2 Å². The van der Waals surface area contributed by atoms with Crippen molar-refractivity contribution in [1.82, 2.24) is 5.43 Å². The van der Waals surface area contributed by atoms with Crippen molar-refractivity contribution in [3.8, 4) is 6.07 Å². The highest BCUT2D eigenvalue weighted by Crippen LogP contribution is 2.38. The van der Waals surface area contributed by atoms with Crippen molar-refractivity contribution in [2.45, 2.75) is 12.1 Å². The van der Waals surface area contributed by atoms with E-state index < -0.39 is 5.72 Å². The fraction of sp³-hybridized carbons (Fsp3) is 0.182. The number of hydrogen-bond acceptors (Lipinski definition) is 5. The molecule has 1 atom stereocenters. The van der Waals surface area contributed by atoms with Gasteiger partial charge < -0.3 is 10.1 Å². The van der Waals surface area contributed by atoms with E-state index in [1.165, 1.54) is 0 Å². The van der Waals surface area contributed by atoms with Crippen molar-refractivity contribution < 1.29 is 9.53 Å². The minimum absolute atomic E-state index is 0.0319. The third-order valence-electron chi connectivity index (χ3n) is 2.71. The van der Waals surface area contributed by atoms with Crippen LogP contribution in [0.2, 0.25) is 0 Å². The highest BCUT2D eigenvalue weighted by molar-refractivity contribution is 6.06. The van der Waals surface area contributed by atoms with E-state index in [0.717, 1.165) is 0 Å². The molecular formula is C11H8N4O2. The molecule has 0 saturated heterocycles. The van der Waals surface area contributed by atoms with E-state index in [2.05, 4.69) is 15.8 Å². The Bertz CT molecular complexity index is 575. The van der Waals surface area contributed by atoms with Gasteiger partial charge in [0.05, 0.1) is 17.3 Å². The Balaban J connectivity index is 2.01. The van der Waals surface area contributed by atoms with Crippen molar-refractivity contribution in [3.05, 3.63) is 29.8 Å². The van der Waals surface area contributed by atoms with Gasteiger partial charge in [-0.05, 0) is 6.07 Å². The van der Waals surface area contributed by atoms with Crippen molar-refractivity contribution >= 4 is 17.5 Å². The van der Waals surface area contributed by atoms with Crippen LogP contribution in [0.4, 0.5) is 5.69 Å². The number of nitrogens with zero attached hydrogens (tertiary/aromatic N) is 2. The molecule has 2 N–H and O–H groups in total. The number of para-hydroxylation sites is 1. The van der Waals surface area contributed by atoms with E-state index in [1.54, 1.807) is 12.1 Å².